The molecular formula is C14H20N2O3. The van der Waals surface area contributed by atoms with Gasteiger partial charge in [0.15, 0.2) is 0 Å². The molecule has 5 heteroatoms. The number of piperidine rings is 1. The van der Waals surface area contributed by atoms with Crippen molar-refractivity contribution in [3.8, 4) is 0 Å². The van der Waals surface area contributed by atoms with Gasteiger partial charge in [0.25, 0.3) is 5.69 Å². The van der Waals surface area contributed by atoms with Crippen LogP contribution >= 0.6 is 0 Å². The first-order chi connectivity index (χ1) is 9.20. The number of nitro groups is 1. The predicted octanol–water partition coefficient (Wildman–Crippen LogP) is 2.33. The highest BCUT2D eigenvalue weighted by Crippen LogP contribution is 2.23. The van der Waals surface area contributed by atoms with Gasteiger partial charge in [0.1, 0.15) is 0 Å². The van der Waals surface area contributed by atoms with E-state index in [0.717, 1.165) is 37.9 Å². The molecule has 0 radical (unpaired) electrons. The van der Waals surface area contributed by atoms with Gasteiger partial charge in [-0.1, -0.05) is 18.6 Å². The molecule has 1 atom stereocenters. The Hall–Kier alpha value is -1.46. The van der Waals surface area contributed by atoms with Crippen molar-refractivity contribution in [3.63, 3.8) is 0 Å². The molecule has 1 saturated heterocycles. The van der Waals surface area contributed by atoms with E-state index in [1.165, 1.54) is 12.5 Å². The second-order valence-electron chi connectivity index (χ2n) is 5.06. The number of rotatable bonds is 5. The van der Waals surface area contributed by atoms with Gasteiger partial charge in [0.05, 0.1) is 4.92 Å². The smallest absolute Gasteiger partial charge is 0.269 e. The number of aliphatic hydroxyl groups is 1. The molecule has 0 bridgehead atoms. The van der Waals surface area contributed by atoms with Gasteiger partial charge in [-0.3, -0.25) is 15.0 Å². The number of hydrogen-bond acceptors (Lipinski definition) is 4. The lowest BCUT2D eigenvalue weighted by Gasteiger charge is -2.35. The highest BCUT2D eigenvalue weighted by Gasteiger charge is 2.22. The predicted molar refractivity (Wildman–Crippen MR) is 72.8 cm³/mol. The van der Waals surface area contributed by atoms with Crippen LogP contribution in [0.4, 0.5) is 5.69 Å². The fraction of sp³-hybridized carbons (Fsp3) is 0.571. The molecule has 19 heavy (non-hydrogen) atoms. The molecule has 1 fully saturated rings. The number of aliphatic hydroxyl groups excluding tert-OH is 1. The number of benzene rings is 1. The van der Waals surface area contributed by atoms with Gasteiger partial charge in [-0.2, -0.15) is 0 Å². The summed E-state index contributed by atoms with van der Waals surface area (Å²) in [6.07, 6.45) is 4.26. The molecule has 1 aromatic carbocycles. The van der Waals surface area contributed by atoms with Crippen LogP contribution in [0.25, 0.3) is 0 Å². The van der Waals surface area contributed by atoms with Crippen molar-refractivity contribution in [1.82, 2.24) is 4.90 Å². The number of nitro benzene ring substituents is 1. The highest BCUT2D eigenvalue weighted by molar-refractivity contribution is 5.34. The molecule has 104 valence electrons. The fourth-order valence-corrected chi connectivity index (χ4v) is 2.75. The summed E-state index contributed by atoms with van der Waals surface area (Å²) in [5.74, 6) is 0. The molecule has 1 aliphatic heterocycles. The van der Waals surface area contributed by atoms with Gasteiger partial charge in [0, 0.05) is 31.3 Å². The average Bonchev–Trinajstić information content (AvgIpc) is 2.41. The summed E-state index contributed by atoms with van der Waals surface area (Å²) in [6, 6.07) is 7.23. The third kappa shape index (κ3) is 3.75. The molecule has 0 spiro atoms. The van der Waals surface area contributed by atoms with Crippen LogP contribution in [0.15, 0.2) is 24.3 Å². The molecule has 1 aromatic rings. The van der Waals surface area contributed by atoms with Crippen molar-refractivity contribution in [2.45, 2.75) is 38.3 Å². The lowest BCUT2D eigenvalue weighted by Crippen LogP contribution is -2.39. The third-order valence-corrected chi connectivity index (χ3v) is 3.72. The zero-order valence-electron chi connectivity index (χ0n) is 11.0. The molecule has 2 rings (SSSR count). The minimum absolute atomic E-state index is 0.146. The monoisotopic (exact) mass is 264 g/mol. The quantitative estimate of drug-likeness (QED) is 0.654. The summed E-state index contributed by atoms with van der Waals surface area (Å²) in [4.78, 5) is 12.7. The van der Waals surface area contributed by atoms with Crippen LogP contribution in [0.1, 0.15) is 31.2 Å². The minimum atomic E-state index is -0.356. The van der Waals surface area contributed by atoms with E-state index in [1.54, 1.807) is 12.1 Å². The average molecular weight is 264 g/mol. The van der Waals surface area contributed by atoms with Crippen LogP contribution in [0.5, 0.6) is 0 Å². The number of nitrogens with zero attached hydrogens (tertiary/aromatic N) is 2. The molecule has 5 nitrogen and oxygen atoms in total. The van der Waals surface area contributed by atoms with E-state index in [2.05, 4.69) is 4.90 Å². The first-order valence-electron chi connectivity index (χ1n) is 6.79. The Bertz CT molecular complexity index is 434. The van der Waals surface area contributed by atoms with E-state index in [-0.39, 0.29) is 17.2 Å². The summed E-state index contributed by atoms with van der Waals surface area (Å²) in [5, 5.41) is 19.9. The van der Waals surface area contributed by atoms with Crippen molar-refractivity contribution in [2.24, 2.45) is 0 Å². The minimum Gasteiger partial charge on any atom is -0.396 e. The normalized spacial score (nSPS) is 20.4. The number of non-ortho nitro benzene ring substituents is 1. The largest absolute Gasteiger partial charge is 0.396 e. The fourth-order valence-electron chi connectivity index (χ4n) is 2.75. The Balaban J connectivity index is 2.06. The van der Waals surface area contributed by atoms with Crippen LogP contribution in [0, 0.1) is 10.1 Å². The topological polar surface area (TPSA) is 66.6 Å². The van der Waals surface area contributed by atoms with E-state index in [0.29, 0.717) is 6.04 Å². The summed E-state index contributed by atoms with van der Waals surface area (Å²) in [6.45, 7) is 1.94. The van der Waals surface area contributed by atoms with Gasteiger partial charge in [-0.05, 0) is 31.4 Å². The lowest BCUT2D eigenvalue weighted by molar-refractivity contribution is -0.384. The van der Waals surface area contributed by atoms with Crippen LogP contribution in [-0.2, 0) is 6.54 Å². The van der Waals surface area contributed by atoms with Crippen LogP contribution in [-0.4, -0.2) is 34.1 Å². The maximum Gasteiger partial charge on any atom is 0.269 e. The number of likely N-dealkylation sites (tertiary alicyclic amines) is 1. The third-order valence-electron chi connectivity index (χ3n) is 3.72. The summed E-state index contributed by atoms with van der Waals surface area (Å²) < 4.78 is 0. The first kappa shape index (κ1) is 14.0. The van der Waals surface area contributed by atoms with Gasteiger partial charge >= 0.3 is 0 Å². The van der Waals surface area contributed by atoms with Crippen molar-refractivity contribution >= 4 is 5.69 Å². The van der Waals surface area contributed by atoms with Crippen molar-refractivity contribution in [1.29, 1.82) is 0 Å². The standard InChI is InChI=1S/C14H20N2O3/c17-9-7-13-5-1-2-8-15(13)11-12-4-3-6-14(10-12)16(18)19/h3-4,6,10,13,17H,1-2,5,7-9,11H2/t13-/m0/s1. The summed E-state index contributed by atoms with van der Waals surface area (Å²) in [5.41, 5.74) is 1.12. The zero-order chi connectivity index (χ0) is 13.7. The van der Waals surface area contributed by atoms with Crippen molar-refractivity contribution in [3.05, 3.63) is 39.9 Å². The Morgan fingerprint density at radius 2 is 2.26 bits per heavy atom. The maximum atomic E-state index is 10.8. The Morgan fingerprint density at radius 3 is 3.00 bits per heavy atom. The Morgan fingerprint density at radius 1 is 1.42 bits per heavy atom. The molecule has 0 unspecified atom stereocenters. The Labute approximate surface area is 113 Å². The van der Waals surface area contributed by atoms with Crippen LogP contribution < -0.4 is 0 Å². The molecule has 0 amide bonds. The van der Waals surface area contributed by atoms with Crippen molar-refractivity contribution in [2.75, 3.05) is 13.2 Å². The SMILES string of the molecule is O=[N+]([O-])c1cccc(CN2CCCC[C@H]2CCO)c1. The van der Waals surface area contributed by atoms with Crippen LogP contribution in [0.2, 0.25) is 0 Å². The van der Waals surface area contributed by atoms with Gasteiger partial charge < -0.3 is 5.11 Å². The van der Waals surface area contributed by atoms with Crippen molar-refractivity contribution < 1.29 is 10.0 Å². The molecule has 1 N–H and O–H groups in total. The first-order valence-corrected chi connectivity index (χ1v) is 6.79. The van der Waals surface area contributed by atoms with Crippen LogP contribution in [0.3, 0.4) is 0 Å². The van der Waals surface area contributed by atoms with E-state index in [1.807, 2.05) is 6.07 Å². The van der Waals surface area contributed by atoms with E-state index < -0.39 is 0 Å². The second kappa shape index (κ2) is 6.63. The van der Waals surface area contributed by atoms with Gasteiger partial charge in [-0.25, -0.2) is 0 Å². The molecule has 0 saturated carbocycles. The Kier molecular flexibility index (Phi) is 4.87. The van der Waals surface area contributed by atoms with E-state index in [4.69, 9.17) is 5.11 Å². The lowest BCUT2D eigenvalue weighted by atomic mass is 9.99. The van der Waals surface area contributed by atoms with Gasteiger partial charge in [0.2, 0.25) is 0 Å². The highest BCUT2D eigenvalue weighted by atomic mass is 16.6. The molecule has 1 heterocycles. The summed E-state index contributed by atoms with van der Waals surface area (Å²) >= 11 is 0. The molecule has 0 aromatic heterocycles. The van der Waals surface area contributed by atoms with Gasteiger partial charge in [-0.15, -0.1) is 0 Å². The molecule has 1 aliphatic rings. The number of hydrogen-bond donors (Lipinski definition) is 1. The van der Waals surface area contributed by atoms with E-state index in [9.17, 15) is 10.1 Å². The molecular weight excluding hydrogens is 244 g/mol. The maximum absolute atomic E-state index is 10.8. The second-order valence-corrected chi connectivity index (χ2v) is 5.06. The summed E-state index contributed by atoms with van der Waals surface area (Å²) in [7, 11) is 0. The zero-order valence-corrected chi connectivity index (χ0v) is 11.0. The van der Waals surface area contributed by atoms with E-state index >= 15 is 0 Å². The molecule has 0 aliphatic carbocycles.